The smallest absolute Gasteiger partial charge is 0.343 e. The fraction of sp³-hybridized carbons (Fsp3) is 0.238. The van der Waals surface area contributed by atoms with Gasteiger partial charge in [0.2, 0.25) is 0 Å². The Balaban J connectivity index is 2.03. The molecule has 0 aromatic heterocycles. The Kier molecular flexibility index (Phi) is 6.97. The van der Waals surface area contributed by atoms with E-state index in [0.717, 1.165) is 11.3 Å². The highest BCUT2D eigenvalue weighted by Crippen LogP contribution is 2.21. The molecule has 0 saturated heterocycles. The molecule has 0 spiro atoms. The molecule has 0 saturated carbocycles. The summed E-state index contributed by atoms with van der Waals surface area (Å²) < 4.78 is 15.5. The molecule has 0 aliphatic carbocycles. The maximum atomic E-state index is 12.3. The number of benzene rings is 2. The van der Waals surface area contributed by atoms with Gasteiger partial charge in [-0.15, -0.1) is 0 Å². The fourth-order valence-corrected chi connectivity index (χ4v) is 2.16. The van der Waals surface area contributed by atoms with E-state index in [1.165, 1.54) is 13.2 Å². The van der Waals surface area contributed by atoms with Crippen LogP contribution in [0.15, 0.2) is 54.6 Å². The number of methoxy groups -OCH3 is 1. The van der Waals surface area contributed by atoms with Crippen molar-refractivity contribution in [2.24, 2.45) is 0 Å². The van der Waals surface area contributed by atoms with Crippen LogP contribution in [0.2, 0.25) is 0 Å². The molecule has 2 rings (SSSR count). The van der Waals surface area contributed by atoms with Crippen LogP contribution in [0.1, 0.15) is 29.8 Å². The third-order valence-corrected chi connectivity index (χ3v) is 3.42. The molecule has 26 heavy (non-hydrogen) atoms. The summed E-state index contributed by atoms with van der Waals surface area (Å²) in [6, 6.07) is 14.1. The third kappa shape index (κ3) is 5.77. The van der Waals surface area contributed by atoms with Crippen LogP contribution in [0.3, 0.4) is 0 Å². The zero-order valence-corrected chi connectivity index (χ0v) is 15.1. The second kappa shape index (κ2) is 9.42. The van der Waals surface area contributed by atoms with Crippen molar-refractivity contribution in [1.29, 1.82) is 0 Å². The van der Waals surface area contributed by atoms with Crippen LogP contribution in [0.4, 0.5) is 0 Å². The molecular weight excluding hydrogens is 332 g/mol. The first-order valence-corrected chi connectivity index (χ1v) is 8.27. The lowest BCUT2D eigenvalue weighted by molar-refractivity contribution is -0.142. The highest BCUT2D eigenvalue weighted by Gasteiger charge is 2.06. The molecule has 0 fully saturated rings. The lowest BCUT2D eigenvalue weighted by Gasteiger charge is -2.11. The van der Waals surface area contributed by atoms with Crippen LogP contribution < -0.4 is 9.47 Å². The molecule has 0 aliphatic heterocycles. The summed E-state index contributed by atoms with van der Waals surface area (Å²) in [5.41, 5.74) is 1.36. The topological polar surface area (TPSA) is 61.8 Å². The van der Waals surface area contributed by atoms with Gasteiger partial charge in [-0.2, -0.15) is 0 Å². The molecule has 0 unspecified atom stereocenters. The SMILES string of the molecule is COC(=O)COc1ccc(C(=O)C=Cc2ccccc2OC(C)C)cc1. The lowest BCUT2D eigenvalue weighted by Crippen LogP contribution is -2.12. The Hall–Kier alpha value is -3.08. The Morgan fingerprint density at radius 3 is 2.38 bits per heavy atom. The van der Waals surface area contributed by atoms with Gasteiger partial charge in [0.25, 0.3) is 0 Å². The van der Waals surface area contributed by atoms with Gasteiger partial charge in [0.15, 0.2) is 12.4 Å². The first-order chi connectivity index (χ1) is 12.5. The summed E-state index contributed by atoms with van der Waals surface area (Å²) in [5, 5.41) is 0. The monoisotopic (exact) mass is 354 g/mol. The van der Waals surface area contributed by atoms with Gasteiger partial charge < -0.3 is 14.2 Å². The van der Waals surface area contributed by atoms with Crippen molar-refractivity contribution in [3.8, 4) is 11.5 Å². The minimum Gasteiger partial charge on any atom is -0.490 e. The van der Waals surface area contributed by atoms with E-state index < -0.39 is 5.97 Å². The van der Waals surface area contributed by atoms with Crippen LogP contribution in [-0.2, 0) is 9.53 Å². The van der Waals surface area contributed by atoms with E-state index in [1.807, 2.05) is 38.1 Å². The van der Waals surface area contributed by atoms with Crippen molar-refractivity contribution in [2.45, 2.75) is 20.0 Å². The minimum absolute atomic E-state index is 0.0535. The van der Waals surface area contributed by atoms with E-state index in [9.17, 15) is 9.59 Å². The molecule has 0 amide bonds. The number of rotatable bonds is 8. The molecule has 0 radical (unpaired) electrons. The molecule has 2 aromatic carbocycles. The zero-order valence-electron chi connectivity index (χ0n) is 15.1. The average molecular weight is 354 g/mol. The maximum absolute atomic E-state index is 12.3. The standard InChI is InChI=1S/C21H22O5/c1-15(2)26-20-7-5-4-6-17(20)10-13-19(22)16-8-11-18(12-9-16)25-14-21(23)24-3/h4-13,15H,14H2,1-3H3. The van der Waals surface area contributed by atoms with Gasteiger partial charge in [-0.3, -0.25) is 4.79 Å². The highest BCUT2D eigenvalue weighted by molar-refractivity contribution is 6.07. The van der Waals surface area contributed by atoms with Crippen molar-refractivity contribution in [1.82, 2.24) is 0 Å². The number of allylic oxidation sites excluding steroid dienone is 1. The second-order valence-electron chi connectivity index (χ2n) is 5.79. The molecular formula is C21H22O5. The van der Waals surface area contributed by atoms with Gasteiger partial charge in [-0.25, -0.2) is 4.79 Å². The predicted molar refractivity (Wildman–Crippen MR) is 99.5 cm³/mol. The molecule has 136 valence electrons. The molecule has 2 aromatic rings. The molecule has 0 heterocycles. The number of ketones is 1. The fourth-order valence-electron chi connectivity index (χ4n) is 2.16. The van der Waals surface area contributed by atoms with Crippen molar-refractivity contribution >= 4 is 17.8 Å². The van der Waals surface area contributed by atoms with Gasteiger partial charge in [0, 0.05) is 11.1 Å². The molecule has 0 N–H and O–H groups in total. The minimum atomic E-state index is -0.463. The van der Waals surface area contributed by atoms with Crippen molar-refractivity contribution in [2.75, 3.05) is 13.7 Å². The molecule has 5 heteroatoms. The van der Waals surface area contributed by atoms with Crippen LogP contribution in [0, 0.1) is 0 Å². The first-order valence-electron chi connectivity index (χ1n) is 8.27. The molecule has 0 bridgehead atoms. The average Bonchev–Trinajstić information content (AvgIpc) is 2.65. The van der Waals surface area contributed by atoms with Crippen molar-refractivity contribution in [3.05, 3.63) is 65.7 Å². The Morgan fingerprint density at radius 2 is 1.73 bits per heavy atom. The number of carbonyl (C=O) groups is 2. The number of hydrogen-bond acceptors (Lipinski definition) is 5. The number of ether oxygens (including phenoxy) is 3. The predicted octanol–water partition coefficient (Wildman–Crippen LogP) is 3.92. The summed E-state index contributed by atoms with van der Waals surface area (Å²) >= 11 is 0. The van der Waals surface area contributed by atoms with Gasteiger partial charge in [-0.05, 0) is 56.3 Å². The van der Waals surface area contributed by atoms with Gasteiger partial charge in [0.05, 0.1) is 13.2 Å². The quantitative estimate of drug-likeness (QED) is 0.408. The van der Waals surface area contributed by atoms with Crippen LogP contribution in [0.5, 0.6) is 11.5 Å². The van der Waals surface area contributed by atoms with E-state index in [1.54, 1.807) is 30.3 Å². The molecule has 5 nitrogen and oxygen atoms in total. The highest BCUT2D eigenvalue weighted by atomic mass is 16.6. The van der Waals surface area contributed by atoms with Crippen LogP contribution in [-0.4, -0.2) is 31.6 Å². The van der Waals surface area contributed by atoms with Gasteiger partial charge in [0.1, 0.15) is 11.5 Å². The zero-order chi connectivity index (χ0) is 18.9. The van der Waals surface area contributed by atoms with E-state index in [4.69, 9.17) is 9.47 Å². The largest absolute Gasteiger partial charge is 0.490 e. The summed E-state index contributed by atoms with van der Waals surface area (Å²) in [4.78, 5) is 23.4. The van der Waals surface area contributed by atoms with Crippen molar-refractivity contribution in [3.63, 3.8) is 0 Å². The Bertz CT molecular complexity index is 775. The summed E-state index contributed by atoms with van der Waals surface area (Å²) in [7, 11) is 1.30. The summed E-state index contributed by atoms with van der Waals surface area (Å²) in [5.74, 6) is 0.629. The summed E-state index contributed by atoms with van der Waals surface area (Å²) in [6.07, 6.45) is 3.30. The van der Waals surface area contributed by atoms with Gasteiger partial charge >= 0.3 is 5.97 Å². The third-order valence-electron chi connectivity index (χ3n) is 3.42. The number of hydrogen-bond donors (Lipinski definition) is 0. The Morgan fingerprint density at radius 1 is 1.04 bits per heavy atom. The van der Waals surface area contributed by atoms with E-state index in [-0.39, 0.29) is 18.5 Å². The molecule has 0 atom stereocenters. The number of esters is 1. The molecule has 0 aliphatic rings. The maximum Gasteiger partial charge on any atom is 0.343 e. The first kappa shape index (κ1) is 19.2. The van der Waals surface area contributed by atoms with E-state index >= 15 is 0 Å². The number of carbonyl (C=O) groups excluding carboxylic acids is 2. The normalized spacial score (nSPS) is 10.8. The number of para-hydroxylation sites is 1. The van der Waals surface area contributed by atoms with Crippen molar-refractivity contribution < 1.29 is 23.8 Å². The van der Waals surface area contributed by atoms with E-state index in [0.29, 0.717) is 11.3 Å². The van der Waals surface area contributed by atoms with Crippen LogP contribution >= 0.6 is 0 Å². The lowest BCUT2D eigenvalue weighted by atomic mass is 10.1. The summed E-state index contributed by atoms with van der Waals surface area (Å²) in [6.45, 7) is 3.74. The van der Waals surface area contributed by atoms with E-state index in [2.05, 4.69) is 4.74 Å². The Labute approximate surface area is 153 Å². The van der Waals surface area contributed by atoms with Gasteiger partial charge in [-0.1, -0.05) is 18.2 Å². The van der Waals surface area contributed by atoms with Crippen LogP contribution in [0.25, 0.3) is 6.08 Å². The second-order valence-corrected chi connectivity index (χ2v) is 5.79.